The Morgan fingerprint density at radius 2 is 2.28 bits per heavy atom. The van der Waals surface area contributed by atoms with Gasteiger partial charge in [0.05, 0.1) is 7.11 Å². The molecule has 2 rings (SSSR count). The van der Waals surface area contributed by atoms with Crippen molar-refractivity contribution in [3.63, 3.8) is 0 Å². The van der Waals surface area contributed by atoms with Gasteiger partial charge in [-0.2, -0.15) is 0 Å². The standard InChI is InChI=1S/C13H17ClN2O2/c1-18-12(17)13(15)7-4-8-16(13)9-10-5-2-3-6-11(10)14/h2-3,5-6H,4,7-9,15H2,1H3. The molecule has 0 saturated carbocycles. The summed E-state index contributed by atoms with van der Waals surface area (Å²) in [5.41, 5.74) is 6.12. The summed E-state index contributed by atoms with van der Waals surface area (Å²) < 4.78 is 4.80. The summed E-state index contributed by atoms with van der Waals surface area (Å²) >= 11 is 6.13. The van der Waals surface area contributed by atoms with Gasteiger partial charge in [-0.1, -0.05) is 29.8 Å². The van der Waals surface area contributed by atoms with Crippen LogP contribution in [0.3, 0.4) is 0 Å². The molecule has 0 bridgehead atoms. The number of halogens is 1. The van der Waals surface area contributed by atoms with Gasteiger partial charge in [0.1, 0.15) is 0 Å². The van der Waals surface area contributed by atoms with Gasteiger partial charge in [-0.05, 0) is 24.5 Å². The zero-order chi connectivity index (χ0) is 13.2. The topological polar surface area (TPSA) is 55.6 Å². The van der Waals surface area contributed by atoms with Crippen LogP contribution in [0.5, 0.6) is 0 Å². The van der Waals surface area contributed by atoms with Crippen LogP contribution in [0.15, 0.2) is 24.3 Å². The molecule has 4 nitrogen and oxygen atoms in total. The zero-order valence-corrected chi connectivity index (χ0v) is 11.1. The number of carbonyl (C=O) groups excluding carboxylic acids is 1. The highest BCUT2D eigenvalue weighted by molar-refractivity contribution is 6.31. The summed E-state index contributed by atoms with van der Waals surface area (Å²) in [6, 6.07) is 7.58. The summed E-state index contributed by atoms with van der Waals surface area (Å²) in [4.78, 5) is 13.7. The molecule has 1 unspecified atom stereocenters. The third kappa shape index (κ3) is 2.36. The molecule has 18 heavy (non-hydrogen) atoms. The molecule has 5 heteroatoms. The van der Waals surface area contributed by atoms with Crippen LogP contribution in [0.25, 0.3) is 0 Å². The minimum atomic E-state index is -1.02. The second-order valence-corrected chi connectivity index (χ2v) is 4.94. The molecular weight excluding hydrogens is 252 g/mol. The number of benzene rings is 1. The first-order valence-electron chi connectivity index (χ1n) is 5.93. The second-order valence-electron chi connectivity index (χ2n) is 4.53. The Hall–Kier alpha value is -1.10. The Kier molecular flexibility index (Phi) is 3.90. The SMILES string of the molecule is COC(=O)C1(N)CCCN1Cc1ccccc1Cl. The number of hydrogen-bond donors (Lipinski definition) is 1. The van der Waals surface area contributed by atoms with Crippen LogP contribution >= 0.6 is 11.6 Å². The lowest BCUT2D eigenvalue weighted by Crippen LogP contribution is -2.58. The van der Waals surface area contributed by atoms with Crippen LogP contribution in [0, 0.1) is 0 Å². The van der Waals surface area contributed by atoms with Gasteiger partial charge < -0.3 is 10.5 Å². The van der Waals surface area contributed by atoms with Gasteiger partial charge in [-0.3, -0.25) is 4.90 Å². The first-order valence-corrected chi connectivity index (χ1v) is 6.31. The Balaban J connectivity index is 2.18. The van der Waals surface area contributed by atoms with Crippen molar-refractivity contribution >= 4 is 17.6 Å². The maximum atomic E-state index is 11.8. The third-order valence-electron chi connectivity index (χ3n) is 3.41. The largest absolute Gasteiger partial charge is 0.467 e. The number of nitrogens with two attached hydrogens (primary N) is 1. The molecule has 0 amide bonds. The fourth-order valence-electron chi connectivity index (χ4n) is 2.36. The number of likely N-dealkylation sites (tertiary alicyclic amines) is 1. The molecule has 1 aliphatic heterocycles. The van der Waals surface area contributed by atoms with E-state index in [4.69, 9.17) is 22.1 Å². The van der Waals surface area contributed by atoms with Crippen LogP contribution in [0.1, 0.15) is 18.4 Å². The second kappa shape index (κ2) is 5.26. The van der Waals surface area contributed by atoms with Crippen LogP contribution < -0.4 is 5.73 Å². The Labute approximate surface area is 112 Å². The molecule has 1 aliphatic rings. The normalized spacial score (nSPS) is 24.2. The molecule has 0 aromatic heterocycles. The number of nitrogens with zero attached hydrogens (tertiary/aromatic N) is 1. The Morgan fingerprint density at radius 3 is 2.94 bits per heavy atom. The smallest absolute Gasteiger partial charge is 0.341 e. The molecule has 1 fully saturated rings. The zero-order valence-electron chi connectivity index (χ0n) is 10.4. The van der Waals surface area contributed by atoms with Gasteiger partial charge in [0.15, 0.2) is 5.66 Å². The molecule has 1 saturated heterocycles. The highest BCUT2D eigenvalue weighted by Gasteiger charge is 2.45. The summed E-state index contributed by atoms with van der Waals surface area (Å²) in [6.07, 6.45) is 1.50. The van der Waals surface area contributed by atoms with Crippen molar-refractivity contribution in [2.45, 2.75) is 25.0 Å². The molecule has 0 aliphatic carbocycles. The van der Waals surface area contributed by atoms with E-state index in [0.717, 1.165) is 18.5 Å². The van der Waals surface area contributed by atoms with E-state index in [-0.39, 0.29) is 5.97 Å². The summed E-state index contributed by atoms with van der Waals surface area (Å²) in [5.74, 6) is -0.382. The minimum absolute atomic E-state index is 0.382. The van der Waals surface area contributed by atoms with Crippen molar-refractivity contribution in [3.8, 4) is 0 Å². The number of esters is 1. The minimum Gasteiger partial charge on any atom is -0.467 e. The molecular formula is C13H17ClN2O2. The molecule has 0 radical (unpaired) electrons. The van der Waals surface area contributed by atoms with E-state index in [1.165, 1.54) is 7.11 Å². The quantitative estimate of drug-likeness (QED) is 0.849. The lowest BCUT2D eigenvalue weighted by Gasteiger charge is -2.32. The fraction of sp³-hybridized carbons (Fsp3) is 0.462. The molecule has 1 heterocycles. The van der Waals surface area contributed by atoms with Gasteiger partial charge in [-0.15, -0.1) is 0 Å². The first-order chi connectivity index (χ1) is 8.58. The van der Waals surface area contributed by atoms with Gasteiger partial charge in [0, 0.05) is 18.1 Å². The van der Waals surface area contributed by atoms with E-state index < -0.39 is 5.66 Å². The maximum Gasteiger partial charge on any atom is 0.341 e. The van der Waals surface area contributed by atoms with Gasteiger partial charge in [-0.25, -0.2) is 4.79 Å². The van der Waals surface area contributed by atoms with Gasteiger partial charge in [0.2, 0.25) is 0 Å². The average Bonchev–Trinajstić information content (AvgIpc) is 2.74. The van der Waals surface area contributed by atoms with Gasteiger partial charge in [0.25, 0.3) is 0 Å². The lowest BCUT2D eigenvalue weighted by molar-refractivity contribution is -0.153. The van der Waals surface area contributed by atoms with Crippen molar-refractivity contribution in [1.29, 1.82) is 0 Å². The Bertz CT molecular complexity index is 452. The van der Waals surface area contributed by atoms with Crippen molar-refractivity contribution in [2.75, 3.05) is 13.7 Å². The van der Waals surface area contributed by atoms with E-state index in [1.54, 1.807) is 0 Å². The molecule has 0 spiro atoms. The van der Waals surface area contributed by atoms with E-state index in [0.29, 0.717) is 18.0 Å². The van der Waals surface area contributed by atoms with Crippen molar-refractivity contribution < 1.29 is 9.53 Å². The van der Waals surface area contributed by atoms with Gasteiger partial charge >= 0.3 is 5.97 Å². The van der Waals surface area contributed by atoms with Crippen molar-refractivity contribution in [1.82, 2.24) is 4.90 Å². The highest BCUT2D eigenvalue weighted by atomic mass is 35.5. The summed E-state index contributed by atoms with van der Waals surface area (Å²) in [5, 5.41) is 0.691. The van der Waals surface area contributed by atoms with Crippen LogP contribution in [-0.4, -0.2) is 30.2 Å². The van der Waals surface area contributed by atoms with Crippen molar-refractivity contribution in [3.05, 3.63) is 34.9 Å². The summed E-state index contributed by atoms with van der Waals surface area (Å²) in [7, 11) is 1.36. The number of carbonyl (C=O) groups is 1. The van der Waals surface area contributed by atoms with E-state index in [1.807, 2.05) is 29.2 Å². The predicted molar refractivity (Wildman–Crippen MR) is 70.0 cm³/mol. The van der Waals surface area contributed by atoms with Crippen LogP contribution in [0.4, 0.5) is 0 Å². The lowest BCUT2D eigenvalue weighted by atomic mass is 10.1. The molecule has 1 aromatic carbocycles. The number of rotatable bonds is 3. The van der Waals surface area contributed by atoms with Crippen molar-refractivity contribution in [2.24, 2.45) is 5.73 Å². The Morgan fingerprint density at radius 1 is 1.56 bits per heavy atom. The van der Waals surface area contributed by atoms with E-state index in [2.05, 4.69) is 0 Å². The van der Waals surface area contributed by atoms with E-state index >= 15 is 0 Å². The monoisotopic (exact) mass is 268 g/mol. The molecule has 1 atom stereocenters. The predicted octanol–water partition coefficient (Wildman–Crippen LogP) is 1.76. The number of hydrogen-bond acceptors (Lipinski definition) is 4. The highest BCUT2D eigenvalue weighted by Crippen LogP contribution is 2.29. The number of ether oxygens (including phenoxy) is 1. The molecule has 2 N–H and O–H groups in total. The molecule has 98 valence electrons. The van der Waals surface area contributed by atoms with Crippen LogP contribution in [0.2, 0.25) is 5.02 Å². The fourth-order valence-corrected chi connectivity index (χ4v) is 2.55. The third-order valence-corrected chi connectivity index (χ3v) is 3.78. The van der Waals surface area contributed by atoms with Crippen LogP contribution in [-0.2, 0) is 16.1 Å². The maximum absolute atomic E-state index is 11.8. The van der Waals surface area contributed by atoms with E-state index in [9.17, 15) is 4.79 Å². The number of methoxy groups -OCH3 is 1. The summed E-state index contributed by atoms with van der Waals surface area (Å²) in [6.45, 7) is 1.34. The first kappa shape index (κ1) is 13.3. The average molecular weight is 269 g/mol. The molecule has 1 aromatic rings.